The number of hydrogen-bond donors (Lipinski definition) is 2. The van der Waals surface area contributed by atoms with Gasteiger partial charge in [0.05, 0.1) is 65.7 Å². The molecule has 3 N–H and O–H groups in total. The van der Waals surface area contributed by atoms with Gasteiger partial charge in [0, 0.05) is 52.3 Å². The van der Waals surface area contributed by atoms with Crippen LogP contribution in [0, 0.1) is 0 Å². The first kappa shape index (κ1) is 59.2. The number of carbonyl (C=O) groups is 4. The van der Waals surface area contributed by atoms with Crippen LogP contribution in [0.5, 0.6) is 0 Å². The van der Waals surface area contributed by atoms with E-state index < -0.39 is 16.7 Å². The molecule has 17 heteroatoms. The maximum Gasteiger partial charge on any atom is 0.308 e. The number of nitrogens with one attached hydrogen (secondary N) is 2. The fourth-order valence-electron chi connectivity index (χ4n) is 3.99. The fraction of sp³-hybridized carbons (Fsp3) is 0.750. The zero-order valence-corrected chi connectivity index (χ0v) is 38.9. The summed E-state index contributed by atoms with van der Waals surface area (Å²) in [6.45, 7) is 21.1. The van der Waals surface area contributed by atoms with E-state index in [4.69, 9.17) is 44.1 Å². The van der Waals surface area contributed by atoms with Gasteiger partial charge in [0.25, 0.3) is 6.47 Å². The van der Waals surface area contributed by atoms with Crippen molar-refractivity contribution in [3.63, 3.8) is 0 Å². The Kier molecular flexibility index (Phi) is 36.1. The maximum absolute atomic E-state index is 12.9. The Morgan fingerprint density at radius 3 is 1.51 bits per heavy atom. The van der Waals surface area contributed by atoms with Crippen molar-refractivity contribution in [3.05, 3.63) is 41.6 Å². The van der Waals surface area contributed by atoms with Crippen LogP contribution >= 0.6 is 0 Å². The number of esters is 2. The van der Waals surface area contributed by atoms with Crippen molar-refractivity contribution in [2.45, 2.75) is 124 Å². The van der Waals surface area contributed by atoms with E-state index in [-0.39, 0.29) is 128 Å². The molecule has 0 aliphatic heterocycles. The minimum absolute atomic E-state index is 0. The van der Waals surface area contributed by atoms with Crippen molar-refractivity contribution in [1.29, 1.82) is 0 Å². The molecule has 0 aliphatic carbocycles. The van der Waals surface area contributed by atoms with Crippen molar-refractivity contribution in [2.75, 3.05) is 72.6 Å². The number of carbonyl (C=O) groups excluding carboxylic acids is 4. The second-order valence-corrected chi connectivity index (χ2v) is 15.5. The fourth-order valence-corrected chi connectivity index (χ4v) is 3.99. The molecule has 0 aromatic heterocycles. The third-order valence-corrected chi connectivity index (χ3v) is 6.20. The molecule has 0 spiro atoms. The SMILES string of the molecule is CC(C)(C)OC=O.CCCOCC(COCCC(=O)OC(C)(C)C)(COCCC(=O)OC(C)(C)C)NC(=O)CCOCCOCC[NH-].OOCc1ccccc1.[Y]. The van der Waals surface area contributed by atoms with E-state index in [9.17, 15) is 19.2 Å². The monoisotopic (exact) mass is 892 g/mol. The van der Waals surface area contributed by atoms with Gasteiger partial charge in [-0.25, -0.2) is 4.89 Å². The molecule has 1 radical (unpaired) electrons. The molecular formula is C40H71N2O14Y-. The molecule has 0 bridgehead atoms. The number of rotatable bonds is 26. The molecule has 1 aromatic carbocycles. The zero-order chi connectivity index (χ0) is 42.9. The largest absolute Gasteiger partial charge is 0.676 e. The molecule has 1 amide bonds. The molecule has 0 aliphatic rings. The standard InChI is InChI=1S/C28H53N2O10.C7H8O2.C5H10O2.Y/c1-8-13-36-20-28(21-37-15-10-24(32)39-26(2,3)4,22-38-16-11-25(33)40-27(5,6)7)30-23(31)9-14-34-18-19-35-17-12-29;8-9-6-7-4-2-1-3-5-7;1-5(2,3)7-4-6;/h29H,8-22H2,1-7H3,(H,30,31);1-5,8H,6H2;4H,1-3H3;/q-1;;;. The molecule has 0 heterocycles. The van der Waals surface area contributed by atoms with E-state index in [1.807, 2.05) is 58.0 Å². The van der Waals surface area contributed by atoms with E-state index in [2.05, 4.69) is 14.9 Å². The van der Waals surface area contributed by atoms with Crippen LogP contribution in [0.4, 0.5) is 0 Å². The molecule has 0 saturated carbocycles. The van der Waals surface area contributed by atoms with Crippen LogP contribution in [0.25, 0.3) is 5.73 Å². The Bertz CT molecular complexity index is 1120. The summed E-state index contributed by atoms with van der Waals surface area (Å²) in [5.41, 5.74) is 5.45. The van der Waals surface area contributed by atoms with Crippen molar-refractivity contribution in [3.8, 4) is 0 Å². The molecule has 0 atom stereocenters. The van der Waals surface area contributed by atoms with Crippen LogP contribution in [0.1, 0.15) is 100 Å². The van der Waals surface area contributed by atoms with Crippen LogP contribution in [0.3, 0.4) is 0 Å². The van der Waals surface area contributed by atoms with Gasteiger partial charge in [0.2, 0.25) is 5.91 Å². The Balaban J connectivity index is -0.00000140. The molecule has 57 heavy (non-hydrogen) atoms. The maximum atomic E-state index is 12.9. The van der Waals surface area contributed by atoms with E-state index in [1.54, 1.807) is 41.5 Å². The van der Waals surface area contributed by atoms with Gasteiger partial charge < -0.3 is 48.9 Å². The zero-order valence-electron chi connectivity index (χ0n) is 36.1. The number of hydrogen-bond acceptors (Lipinski definition) is 14. The third-order valence-electron chi connectivity index (χ3n) is 6.20. The van der Waals surface area contributed by atoms with E-state index in [0.29, 0.717) is 32.9 Å². The molecule has 1 rings (SSSR count). The second kappa shape index (κ2) is 34.7. The number of amides is 1. The van der Waals surface area contributed by atoms with Crippen molar-refractivity contribution >= 4 is 24.3 Å². The summed E-state index contributed by atoms with van der Waals surface area (Å²) in [7, 11) is 0. The second-order valence-electron chi connectivity index (χ2n) is 15.5. The smallest absolute Gasteiger partial charge is 0.308 e. The van der Waals surface area contributed by atoms with Gasteiger partial charge in [-0.15, -0.1) is 6.54 Å². The molecule has 0 unspecified atom stereocenters. The van der Waals surface area contributed by atoms with Gasteiger partial charge in [0.1, 0.15) is 28.9 Å². The van der Waals surface area contributed by atoms with Crippen molar-refractivity contribution < 1.29 is 99.9 Å². The molecule has 0 saturated heterocycles. The summed E-state index contributed by atoms with van der Waals surface area (Å²) in [6, 6.07) is 9.48. The summed E-state index contributed by atoms with van der Waals surface area (Å²) in [4.78, 5) is 50.5. The third kappa shape index (κ3) is 41.8. The van der Waals surface area contributed by atoms with E-state index >= 15 is 0 Å². The topological polar surface area (TPSA) is 207 Å². The van der Waals surface area contributed by atoms with Gasteiger partial charge in [-0.1, -0.05) is 37.3 Å². The quantitative estimate of drug-likeness (QED) is 0.0279. The Morgan fingerprint density at radius 2 is 1.12 bits per heavy atom. The van der Waals surface area contributed by atoms with Crippen molar-refractivity contribution in [1.82, 2.24) is 5.32 Å². The molecular weight excluding hydrogens is 821 g/mol. The summed E-state index contributed by atoms with van der Waals surface area (Å²) < 4.78 is 43.3. The van der Waals surface area contributed by atoms with Gasteiger partial charge in [-0.3, -0.25) is 24.4 Å². The Hall–Kier alpha value is -2.12. The Labute approximate surface area is 366 Å². The molecule has 1 aromatic rings. The van der Waals surface area contributed by atoms with Gasteiger partial charge in [-0.05, 0) is 74.3 Å². The van der Waals surface area contributed by atoms with E-state index in [0.717, 1.165) is 12.0 Å². The van der Waals surface area contributed by atoms with Crippen LogP contribution in [-0.2, 0) is 101 Å². The van der Waals surface area contributed by atoms with Crippen LogP contribution in [-0.4, -0.2) is 125 Å². The number of benzene rings is 1. The molecule has 329 valence electrons. The van der Waals surface area contributed by atoms with Crippen molar-refractivity contribution in [2.24, 2.45) is 0 Å². The summed E-state index contributed by atoms with van der Waals surface area (Å²) in [5, 5.41) is 11.0. The van der Waals surface area contributed by atoms with Gasteiger partial charge in [-0.2, -0.15) is 0 Å². The normalized spacial score (nSPS) is 11.4. The molecule has 16 nitrogen and oxygen atoms in total. The summed E-state index contributed by atoms with van der Waals surface area (Å²) in [5.74, 6) is -1.07. The molecule has 0 fully saturated rings. The minimum Gasteiger partial charge on any atom is -0.676 e. The predicted octanol–water partition coefficient (Wildman–Crippen LogP) is 5.87. The van der Waals surface area contributed by atoms with Crippen LogP contribution < -0.4 is 5.32 Å². The number of ether oxygens (including phenoxy) is 8. The predicted molar refractivity (Wildman–Crippen MR) is 211 cm³/mol. The van der Waals surface area contributed by atoms with Crippen LogP contribution in [0.15, 0.2) is 30.3 Å². The summed E-state index contributed by atoms with van der Waals surface area (Å²) in [6.07, 6.45) is 0.961. The van der Waals surface area contributed by atoms with Crippen LogP contribution in [0.2, 0.25) is 0 Å². The average molecular weight is 893 g/mol. The summed E-state index contributed by atoms with van der Waals surface area (Å²) >= 11 is 0. The first-order valence-corrected chi connectivity index (χ1v) is 18.9. The first-order valence-electron chi connectivity index (χ1n) is 18.9. The minimum atomic E-state index is -1.06. The van der Waals surface area contributed by atoms with Gasteiger partial charge >= 0.3 is 11.9 Å². The van der Waals surface area contributed by atoms with E-state index in [1.165, 1.54) is 0 Å². The first-order chi connectivity index (χ1) is 26.2. The average Bonchev–Trinajstić information content (AvgIpc) is 3.07. The Morgan fingerprint density at radius 1 is 0.667 bits per heavy atom. The van der Waals surface area contributed by atoms with Gasteiger partial charge in [0.15, 0.2) is 0 Å².